The number of unbranched alkanes of at least 4 members (excludes halogenated alkanes) is 2. The van der Waals surface area contributed by atoms with Gasteiger partial charge in [-0.3, -0.25) is 4.79 Å². The van der Waals surface area contributed by atoms with Gasteiger partial charge in [-0.2, -0.15) is 0 Å². The number of halogens is 3. The average molecular weight is 340 g/mol. The van der Waals surface area contributed by atoms with Gasteiger partial charge >= 0.3 is 0 Å². The Morgan fingerprint density at radius 1 is 1.24 bits per heavy atom. The second-order valence-electron chi connectivity index (χ2n) is 4.63. The molecule has 1 rings (SSSR count). The summed E-state index contributed by atoms with van der Waals surface area (Å²) in [5.41, 5.74) is -0.470. The van der Waals surface area contributed by atoms with E-state index in [1.807, 2.05) is 6.92 Å². The van der Waals surface area contributed by atoms with Gasteiger partial charge in [0.2, 0.25) is 0 Å². The summed E-state index contributed by atoms with van der Waals surface area (Å²) in [5, 5.41) is 0. The Morgan fingerprint density at radius 3 is 2.33 bits per heavy atom. The van der Waals surface area contributed by atoms with E-state index in [2.05, 4.69) is 0 Å². The van der Waals surface area contributed by atoms with Crippen molar-refractivity contribution >= 4 is 25.6 Å². The lowest BCUT2D eigenvalue weighted by molar-refractivity contribution is 0.0788. The molecule has 0 radical (unpaired) electrons. The minimum absolute atomic E-state index is 0.382. The van der Waals surface area contributed by atoms with Gasteiger partial charge in [0, 0.05) is 24.3 Å². The number of carbonyl (C=O) groups excluding carboxylic acids is 1. The summed E-state index contributed by atoms with van der Waals surface area (Å²) in [5.74, 6) is -3.40. The molecule has 0 atom stereocenters. The summed E-state index contributed by atoms with van der Waals surface area (Å²) in [4.78, 5) is 12.7. The van der Waals surface area contributed by atoms with E-state index in [1.165, 1.54) is 11.9 Å². The van der Waals surface area contributed by atoms with Gasteiger partial charge < -0.3 is 4.90 Å². The quantitative estimate of drug-likeness (QED) is 0.591. The highest BCUT2D eigenvalue weighted by Gasteiger charge is 2.25. The number of hydrogen-bond acceptors (Lipinski definition) is 3. The molecule has 0 aliphatic heterocycles. The van der Waals surface area contributed by atoms with Gasteiger partial charge in [-0.05, 0) is 18.6 Å². The van der Waals surface area contributed by atoms with E-state index in [4.69, 9.17) is 10.7 Å². The zero-order valence-electron chi connectivity index (χ0n) is 11.7. The first-order valence-electron chi connectivity index (χ1n) is 6.37. The highest BCUT2D eigenvalue weighted by molar-refractivity contribution is 8.13. The van der Waals surface area contributed by atoms with E-state index in [9.17, 15) is 22.0 Å². The third kappa shape index (κ3) is 4.64. The van der Waals surface area contributed by atoms with Gasteiger partial charge in [0.05, 0.1) is 10.5 Å². The van der Waals surface area contributed by atoms with Gasteiger partial charge in [0.25, 0.3) is 15.0 Å². The Bertz CT molecular complexity index is 635. The molecule has 0 saturated heterocycles. The van der Waals surface area contributed by atoms with E-state index in [1.54, 1.807) is 0 Å². The molecule has 1 aromatic rings. The fourth-order valence-electron chi connectivity index (χ4n) is 1.80. The predicted molar refractivity (Wildman–Crippen MR) is 75.9 cm³/mol. The maximum absolute atomic E-state index is 13.3. The van der Waals surface area contributed by atoms with Gasteiger partial charge in [0.15, 0.2) is 11.6 Å². The molecule has 1 amide bonds. The molecule has 0 saturated carbocycles. The van der Waals surface area contributed by atoms with Crippen LogP contribution >= 0.6 is 10.7 Å². The second kappa shape index (κ2) is 7.17. The van der Waals surface area contributed by atoms with Gasteiger partial charge in [-0.15, -0.1) is 0 Å². The zero-order valence-corrected chi connectivity index (χ0v) is 13.3. The molecule has 0 N–H and O–H groups in total. The van der Waals surface area contributed by atoms with Crippen molar-refractivity contribution in [2.45, 2.75) is 31.1 Å². The number of benzene rings is 1. The molecule has 0 aliphatic carbocycles. The van der Waals surface area contributed by atoms with Crippen molar-refractivity contribution in [3.8, 4) is 0 Å². The summed E-state index contributed by atoms with van der Waals surface area (Å²) in [6.07, 6.45) is 2.58. The van der Waals surface area contributed by atoms with E-state index in [0.29, 0.717) is 18.7 Å². The molecule has 0 heterocycles. The molecule has 0 bridgehead atoms. The average Bonchev–Trinajstić information content (AvgIpc) is 2.39. The number of rotatable bonds is 6. The van der Waals surface area contributed by atoms with Crippen molar-refractivity contribution in [2.75, 3.05) is 13.6 Å². The largest absolute Gasteiger partial charge is 0.342 e. The number of amides is 1. The molecule has 0 spiro atoms. The fraction of sp³-hybridized carbons (Fsp3) is 0.462. The maximum atomic E-state index is 13.3. The molecule has 0 aliphatic rings. The molecular formula is C13H16ClF2NO3S. The topological polar surface area (TPSA) is 54.5 Å². The van der Waals surface area contributed by atoms with Crippen LogP contribution in [0.25, 0.3) is 0 Å². The van der Waals surface area contributed by atoms with Crippen molar-refractivity contribution in [1.29, 1.82) is 0 Å². The monoisotopic (exact) mass is 339 g/mol. The summed E-state index contributed by atoms with van der Waals surface area (Å²) in [7, 11) is 2.28. The molecule has 118 valence electrons. The Labute approximate surface area is 127 Å². The van der Waals surface area contributed by atoms with Crippen LogP contribution in [0.3, 0.4) is 0 Å². The normalized spacial score (nSPS) is 11.5. The second-order valence-corrected chi connectivity index (χ2v) is 7.17. The van der Waals surface area contributed by atoms with Crippen molar-refractivity contribution in [1.82, 2.24) is 4.90 Å². The van der Waals surface area contributed by atoms with Crippen LogP contribution < -0.4 is 0 Å². The van der Waals surface area contributed by atoms with Crippen LogP contribution in [0.5, 0.6) is 0 Å². The van der Waals surface area contributed by atoms with E-state index >= 15 is 0 Å². The third-order valence-electron chi connectivity index (χ3n) is 2.96. The number of nitrogens with zero attached hydrogens (tertiary/aromatic N) is 1. The van der Waals surface area contributed by atoms with Crippen LogP contribution in [0.1, 0.15) is 36.5 Å². The lowest BCUT2D eigenvalue weighted by atomic mass is 10.1. The first-order valence-corrected chi connectivity index (χ1v) is 8.68. The Morgan fingerprint density at radius 2 is 1.81 bits per heavy atom. The van der Waals surface area contributed by atoms with Crippen molar-refractivity contribution < 1.29 is 22.0 Å². The lowest BCUT2D eigenvalue weighted by Gasteiger charge is -2.18. The first kappa shape index (κ1) is 17.8. The van der Waals surface area contributed by atoms with Crippen LogP contribution in [0.2, 0.25) is 0 Å². The molecule has 0 unspecified atom stereocenters. The Kier molecular flexibility index (Phi) is 6.10. The van der Waals surface area contributed by atoms with Crippen LogP contribution in [0.15, 0.2) is 17.0 Å². The highest BCUT2D eigenvalue weighted by Crippen LogP contribution is 2.24. The maximum Gasteiger partial charge on any atom is 0.262 e. The zero-order chi connectivity index (χ0) is 16.2. The van der Waals surface area contributed by atoms with E-state index < -0.39 is 37.1 Å². The summed E-state index contributed by atoms with van der Waals surface area (Å²) >= 11 is 0. The standard InChI is InChI=1S/C13H16ClF2NO3S/c1-3-4-5-6-17(2)13(18)9-7-10(15)11(16)8-12(9)21(14,19)20/h7-8H,3-6H2,1-2H3. The third-order valence-corrected chi connectivity index (χ3v) is 4.32. The molecule has 21 heavy (non-hydrogen) atoms. The predicted octanol–water partition coefficient (Wildman–Crippen LogP) is 3.15. The SMILES string of the molecule is CCCCCN(C)C(=O)c1cc(F)c(F)cc1S(=O)(=O)Cl. The van der Waals surface area contributed by atoms with Crippen LogP contribution in [0.4, 0.5) is 8.78 Å². The molecule has 0 aromatic heterocycles. The number of hydrogen-bond donors (Lipinski definition) is 0. The summed E-state index contributed by atoms with van der Waals surface area (Å²) in [6, 6.07) is 0.980. The van der Waals surface area contributed by atoms with Crippen LogP contribution in [0, 0.1) is 11.6 Å². The molecule has 0 fully saturated rings. The fourth-order valence-corrected chi connectivity index (χ4v) is 2.84. The Balaban J connectivity index is 3.17. The van der Waals surface area contributed by atoms with Gasteiger partial charge in [-0.1, -0.05) is 19.8 Å². The first-order chi connectivity index (χ1) is 9.68. The molecule has 4 nitrogen and oxygen atoms in total. The minimum atomic E-state index is -4.36. The Hall–Kier alpha value is -1.21. The molecular weight excluding hydrogens is 324 g/mol. The van der Waals surface area contributed by atoms with E-state index in [0.717, 1.165) is 19.3 Å². The lowest BCUT2D eigenvalue weighted by Crippen LogP contribution is -2.29. The summed E-state index contributed by atoms with van der Waals surface area (Å²) < 4.78 is 49.3. The van der Waals surface area contributed by atoms with Gasteiger partial charge in [0.1, 0.15) is 0 Å². The number of carbonyl (C=O) groups is 1. The molecule has 8 heteroatoms. The van der Waals surface area contributed by atoms with E-state index in [-0.39, 0.29) is 0 Å². The van der Waals surface area contributed by atoms with Crippen molar-refractivity contribution in [3.05, 3.63) is 29.3 Å². The smallest absolute Gasteiger partial charge is 0.262 e. The minimum Gasteiger partial charge on any atom is -0.342 e. The molecule has 1 aromatic carbocycles. The van der Waals surface area contributed by atoms with Crippen molar-refractivity contribution in [2.24, 2.45) is 0 Å². The van der Waals surface area contributed by atoms with Crippen molar-refractivity contribution in [3.63, 3.8) is 0 Å². The van der Waals surface area contributed by atoms with Gasteiger partial charge in [-0.25, -0.2) is 17.2 Å². The van der Waals surface area contributed by atoms with Crippen LogP contribution in [-0.4, -0.2) is 32.8 Å². The highest BCUT2D eigenvalue weighted by atomic mass is 35.7. The van der Waals surface area contributed by atoms with Crippen LogP contribution in [-0.2, 0) is 9.05 Å². The summed E-state index contributed by atoms with van der Waals surface area (Å²) in [6.45, 7) is 2.38.